The van der Waals surface area contributed by atoms with Crippen molar-refractivity contribution in [2.24, 2.45) is 0 Å². The van der Waals surface area contributed by atoms with Crippen molar-refractivity contribution >= 4 is 18.0 Å². The number of amides is 2. The molecule has 1 fully saturated rings. The molecule has 1 saturated heterocycles. The van der Waals surface area contributed by atoms with E-state index in [1.807, 2.05) is 0 Å². The van der Waals surface area contributed by atoms with Crippen molar-refractivity contribution in [3.63, 3.8) is 0 Å². The van der Waals surface area contributed by atoms with Crippen molar-refractivity contribution < 1.29 is 82.5 Å². The zero-order valence-electron chi connectivity index (χ0n) is 26.7. The summed E-state index contributed by atoms with van der Waals surface area (Å²) in [5.41, 5.74) is 0. The average molecular weight is 674 g/mol. The largest absolute Gasteiger partial charge is 0.544 e. The summed E-state index contributed by atoms with van der Waals surface area (Å²) in [6.07, 6.45) is -7.44. The Kier molecular flexibility index (Phi) is 20.3. The third-order valence-corrected chi connectivity index (χ3v) is 6.25. The highest BCUT2D eigenvalue weighted by Crippen LogP contribution is 2.38. The molecule has 19 heteroatoms. The van der Waals surface area contributed by atoms with E-state index in [0.29, 0.717) is 33.0 Å². The number of rotatable bonds is 25. The fourth-order valence-electron chi connectivity index (χ4n) is 4.11. The smallest absolute Gasteiger partial charge is 0.407 e. The molecule has 2 amide bonds. The Labute approximate surface area is 267 Å². The fourth-order valence-corrected chi connectivity index (χ4v) is 4.11. The van der Waals surface area contributed by atoms with Gasteiger partial charge in [0, 0.05) is 20.6 Å². The molecule has 0 aromatic carbocycles. The molecule has 6 atom stereocenters. The maximum Gasteiger partial charge on any atom is 0.407 e. The van der Waals surface area contributed by atoms with Crippen LogP contribution in [-0.2, 0) is 52.2 Å². The fraction of sp³-hybridized carbons (Fsp3) is 0.889. The SMILES string of the molecule is COCCOCCOCC(COC(=O)NCC(=O)N[C@@H]1[C@H](O)C[C@@](OC(C)C)(C(=O)[O-])O[C@]1(O)[C@H](O)CO)OCCOCCOC. The highest BCUT2D eigenvalue weighted by atomic mass is 16.8. The van der Waals surface area contributed by atoms with Crippen LogP contribution >= 0.6 is 0 Å². The van der Waals surface area contributed by atoms with Gasteiger partial charge in [0.05, 0.1) is 78.3 Å². The number of alkyl carbamates (subject to hydrolysis) is 1. The first-order valence-electron chi connectivity index (χ1n) is 14.7. The summed E-state index contributed by atoms with van der Waals surface area (Å²) in [7, 11) is 3.10. The lowest BCUT2D eigenvalue weighted by atomic mass is 9.87. The topological polar surface area (TPSA) is 262 Å². The van der Waals surface area contributed by atoms with Gasteiger partial charge in [0.25, 0.3) is 0 Å². The molecule has 1 rings (SSSR count). The zero-order valence-corrected chi connectivity index (χ0v) is 26.7. The van der Waals surface area contributed by atoms with Crippen LogP contribution in [0.15, 0.2) is 0 Å². The molecule has 270 valence electrons. The third-order valence-electron chi connectivity index (χ3n) is 6.25. The van der Waals surface area contributed by atoms with Crippen LogP contribution in [0.5, 0.6) is 0 Å². The van der Waals surface area contributed by atoms with Gasteiger partial charge >= 0.3 is 6.09 Å². The zero-order chi connectivity index (χ0) is 34.6. The van der Waals surface area contributed by atoms with Gasteiger partial charge in [-0.15, -0.1) is 0 Å². The summed E-state index contributed by atoms with van der Waals surface area (Å²) < 4.78 is 47.2. The molecule has 19 nitrogen and oxygen atoms in total. The number of carboxylic acids is 1. The molecule has 1 heterocycles. The molecule has 0 aliphatic carbocycles. The molecular weight excluding hydrogens is 624 g/mol. The van der Waals surface area contributed by atoms with Gasteiger partial charge in [-0.25, -0.2) is 4.79 Å². The Bertz CT molecular complexity index is 883. The minimum absolute atomic E-state index is 0.0404. The Balaban J connectivity index is 2.71. The van der Waals surface area contributed by atoms with Crippen LogP contribution in [0, 0.1) is 0 Å². The van der Waals surface area contributed by atoms with Crippen LogP contribution in [0.25, 0.3) is 0 Å². The second-order valence-corrected chi connectivity index (χ2v) is 10.3. The van der Waals surface area contributed by atoms with Crippen molar-refractivity contribution in [2.45, 2.75) is 62.3 Å². The maximum absolute atomic E-state index is 12.6. The first-order valence-corrected chi connectivity index (χ1v) is 14.7. The molecule has 1 aliphatic rings. The lowest BCUT2D eigenvalue weighted by Gasteiger charge is -2.52. The van der Waals surface area contributed by atoms with Crippen molar-refractivity contribution in [1.82, 2.24) is 10.6 Å². The highest BCUT2D eigenvalue weighted by molar-refractivity contribution is 5.82. The number of aliphatic hydroxyl groups is 4. The van der Waals surface area contributed by atoms with E-state index in [9.17, 15) is 39.9 Å². The maximum atomic E-state index is 12.6. The van der Waals surface area contributed by atoms with E-state index in [2.05, 4.69) is 10.6 Å². The predicted octanol–water partition coefficient (Wildman–Crippen LogP) is -4.38. The number of carboxylic acid groups (broad SMARTS) is 1. The van der Waals surface area contributed by atoms with Crippen LogP contribution in [-0.4, -0.2) is 174 Å². The number of methoxy groups -OCH3 is 2. The van der Waals surface area contributed by atoms with Crippen LogP contribution < -0.4 is 15.7 Å². The van der Waals surface area contributed by atoms with Gasteiger partial charge in [-0.05, 0) is 13.8 Å². The van der Waals surface area contributed by atoms with E-state index in [1.165, 1.54) is 13.8 Å². The third kappa shape index (κ3) is 14.7. The number of carbonyl (C=O) groups excluding carboxylic acids is 3. The van der Waals surface area contributed by atoms with Gasteiger partial charge in [0.15, 0.2) is 0 Å². The minimum atomic E-state index is -3.05. The van der Waals surface area contributed by atoms with E-state index in [-0.39, 0.29) is 33.0 Å². The second kappa shape index (κ2) is 22.3. The number of ether oxygens (including phenoxy) is 9. The van der Waals surface area contributed by atoms with Gasteiger partial charge in [0.2, 0.25) is 17.5 Å². The van der Waals surface area contributed by atoms with E-state index in [4.69, 9.17) is 42.6 Å². The molecule has 0 radical (unpaired) electrons. The van der Waals surface area contributed by atoms with E-state index < -0.39 is 79.6 Å². The first kappa shape index (κ1) is 41.8. The average Bonchev–Trinajstić information content (AvgIpc) is 3.00. The van der Waals surface area contributed by atoms with Crippen LogP contribution in [0.3, 0.4) is 0 Å². The molecule has 46 heavy (non-hydrogen) atoms. The summed E-state index contributed by atoms with van der Waals surface area (Å²) >= 11 is 0. The van der Waals surface area contributed by atoms with E-state index in [0.717, 1.165) is 0 Å². The molecule has 1 aliphatic heterocycles. The predicted molar refractivity (Wildman–Crippen MR) is 151 cm³/mol. The first-order chi connectivity index (χ1) is 21.8. The summed E-state index contributed by atoms with van der Waals surface area (Å²) in [5, 5.41) is 57.8. The van der Waals surface area contributed by atoms with Crippen molar-refractivity contribution in [1.29, 1.82) is 0 Å². The lowest BCUT2D eigenvalue weighted by Crippen LogP contribution is -2.75. The molecular formula is C27H49N2O17-. The van der Waals surface area contributed by atoms with E-state index >= 15 is 0 Å². The Morgan fingerprint density at radius 3 is 2.11 bits per heavy atom. The molecule has 0 aromatic rings. The highest BCUT2D eigenvalue weighted by Gasteiger charge is 2.60. The molecule has 0 bridgehead atoms. The number of carbonyl (C=O) groups is 3. The number of hydrogen-bond acceptors (Lipinski definition) is 17. The van der Waals surface area contributed by atoms with Gasteiger partial charge < -0.3 is 83.6 Å². The number of hydrogen-bond donors (Lipinski definition) is 6. The van der Waals surface area contributed by atoms with Crippen molar-refractivity contribution in [2.75, 3.05) is 93.4 Å². The van der Waals surface area contributed by atoms with Crippen LogP contribution in [0.4, 0.5) is 4.79 Å². The van der Waals surface area contributed by atoms with Crippen LogP contribution in [0.2, 0.25) is 0 Å². The molecule has 6 N–H and O–H groups in total. The Morgan fingerprint density at radius 1 is 0.957 bits per heavy atom. The van der Waals surface area contributed by atoms with Crippen molar-refractivity contribution in [3.8, 4) is 0 Å². The summed E-state index contributed by atoms with van der Waals surface area (Å²) in [6.45, 7) is 3.32. The lowest BCUT2D eigenvalue weighted by molar-refractivity contribution is -0.435. The molecule has 1 unspecified atom stereocenters. The quantitative estimate of drug-likeness (QED) is 0.0500. The van der Waals surface area contributed by atoms with E-state index in [1.54, 1.807) is 14.2 Å². The normalized spacial score (nSPS) is 24.4. The second-order valence-electron chi connectivity index (χ2n) is 10.3. The van der Waals surface area contributed by atoms with Gasteiger partial charge in [-0.1, -0.05) is 0 Å². The number of nitrogens with one attached hydrogen (secondary N) is 2. The van der Waals surface area contributed by atoms with Crippen molar-refractivity contribution in [3.05, 3.63) is 0 Å². The molecule has 0 saturated carbocycles. The number of aliphatic hydroxyl groups excluding tert-OH is 3. The Hall–Kier alpha value is -2.27. The van der Waals surface area contributed by atoms with Gasteiger partial charge in [0.1, 0.15) is 37.4 Å². The number of aliphatic carboxylic acids is 1. The molecule has 0 spiro atoms. The Morgan fingerprint density at radius 2 is 1.54 bits per heavy atom. The molecule has 0 aromatic heterocycles. The van der Waals surface area contributed by atoms with Gasteiger partial charge in [-0.3, -0.25) is 4.79 Å². The monoisotopic (exact) mass is 673 g/mol. The minimum Gasteiger partial charge on any atom is -0.544 e. The summed E-state index contributed by atoms with van der Waals surface area (Å²) in [5.74, 6) is -8.75. The summed E-state index contributed by atoms with van der Waals surface area (Å²) in [4.78, 5) is 36.8. The standard InChI is InChI=1S/C27H50N2O17/c1-18(2)45-26(24(34)35)13-20(31)23(27(37,46-26)21(32)15-30)29-22(33)14-28-25(36)44-17-19(43-12-11-41-8-6-39-4)16-42-10-9-40-7-5-38-3/h18-21,23,30-32,37H,5-17H2,1-4H3,(H,28,36)(H,29,33)(H,34,35)/p-1/t19?,20-,21-,23-,26+,27-/m1/s1. The summed E-state index contributed by atoms with van der Waals surface area (Å²) in [6, 6.07) is -1.87. The van der Waals surface area contributed by atoms with Crippen LogP contribution in [0.1, 0.15) is 20.3 Å². The van der Waals surface area contributed by atoms with Gasteiger partial charge in [-0.2, -0.15) is 0 Å².